The molecule has 0 saturated heterocycles. The van der Waals surface area contributed by atoms with Gasteiger partial charge in [0.05, 0.1) is 5.69 Å². The van der Waals surface area contributed by atoms with E-state index in [1.54, 1.807) is 18.3 Å². The van der Waals surface area contributed by atoms with Gasteiger partial charge in [-0.1, -0.05) is 6.07 Å². The van der Waals surface area contributed by atoms with Crippen molar-refractivity contribution in [1.29, 1.82) is 0 Å². The van der Waals surface area contributed by atoms with Crippen LogP contribution in [0.4, 0.5) is 4.39 Å². The number of aromatic nitrogens is 1. The molecule has 1 fully saturated rings. The second-order valence-corrected chi connectivity index (χ2v) is 2.68. The topological polar surface area (TPSA) is 12.9 Å². The molecule has 1 nitrogen and oxygen atoms in total. The minimum atomic E-state index is -1.07. The van der Waals surface area contributed by atoms with Gasteiger partial charge in [0.1, 0.15) is 0 Å². The van der Waals surface area contributed by atoms with Crippen molar-refractivity contribution in [2.75, 3.05) is 0 Å². The van der Waals surface area contributed by atoms with Crippen LogP contribution in [0.5, 0.6) is 0 Å². The number of alkyl halides is 1. The minimum Gasteiger partial charge on any atom is -0.258 e. The van der Waals surface area contributed by atoms with Crippen molar-refractivity contribution in [2.45, 2.75) is 18.5 Å². The smallest absolute Gasteiger partial charge is 0.152 e. The lowest BCUT2D eigenvalue weighted by atomic mass is 10.2. The molecular formula is C8H8FN. The first kappa shape index (κ1) is 5.83. The summed E-state index contributed by atoms with van der Waals surface area (Å²) >= 11 is 0. The van der Waals surface area contributed by atoms with Crippen LogP contribution in [-0.4, -0.2) is 4.98 Å². The van der Waals surface area contributed by atoms with Crippen LogP contribution in [0.3, 0.4) is 0 Å². The van der Waals surface area contributed by atoms with Crippen molar-refractivity contribution in [1.82, 2.24) is 4.98 Å². The van der Waals surface area contributed by atoms with E-state index in [9.17, 15) is 4.39 Å². The molecule has 0 radical (unpaired) electrons. The summed E-state index contributed by atoms with van der Waals surface area (Å²) in [6.07, 6.45) is 2.92. The summed E-state index contributed by atoms with van der Waals surface area (Å²) in [6, 6.07) is 5.37. The van der Waals surface area contributed by atoms with E-state index in [2.05, 4.69) is 4.98 Å². The van der Waals surface area contributed by atoms with E-state index < -0.39 is 5.67 Å². The lowest BCUT2D eigenvalue weighted by molar-refractivity contribution is 0.309. The molecule has 0 spiro atoms. The maximum atomic E-state index is 13.2. The molecule has 1 aliphatic carbocycles. The Morgan fingerprint density at radius 1 is 1.40 bits per heavy atom. The van der Waals surface area contributed by atoms with Gasteiger partial charge in [-0.15, -0.1) is 0 Å². The molecule has 0 amide bonds. The monoisotopic (exact) mass is 137 g/mol. The quantitative estimate of drug-likeness (QED) is 0.577. The zero-order valence-electron chi connectivity index (χ0n) is 5.55. The highest BCUT2D eigenvalue weighted by Gasteiger charge is 2.46. The van der Waals surface area contributed by atoms with Gasteiger partial charge >= 0.3 is 0 Å². The minimum absolute atomic E-state index is 0.593. The molecule has 52 valence electrons. The number of hydrogen-bond acceptors (Lipinski definition) is 1. The van der Waals surface area contributed by atoms with Gasteiger partial charge < -0.3 is 0 Å². The zero-order valence-corrected chi connectivity index (χ0v) is 5.55. The standard InChI is InChI=1S/C8H8FN/c9-8(4-5-8)7-3-1-2-6-10-7/h1-3,6H,4-5H2. The normalized spacial score (nSPS) is 20.5. The van der Waals surface area contributed by atoms with Crippen LogP contribution in [0.25, 0.3) is 0 Å². The number of pyridine rings is 1. The maximum absolute atomic E-state index is 13.2. The predicted octanol–water partition coefficient (Wildman–Crippen LogP) is 2.04. The van der Waals surface area contributed by atoms with Gasteiger partial charge in [-0.25, -0.2) is 4.39 Å². The first-order chi connectivity index (χ1) is 4.81. The van der Waals surface area contributed by atoms with Crippen molar-refractivity contribution in [3.05, 3.63) is 30.1 Å². The molecule has 0 aliphatic heterocycles. The van der Waals surface area contributed by atoms with E-state index in [0.717, 1.165) is 0 Å². The Kier molecular flexibility index (Phi) is 1.04. The molecule has 1 aromatic heterocycles. The number of rotatable bonds is 1. The molecule has 0 atom stereocenters. The van der Waals surface area contributed by atoms with Crippen LogP contribution in [0.15, 0.2) is 24.4 Å². The summed E-state index contributed by atoms with van der Waals surface area (Å²) < 4.78 is 13.2. The number of nitrogens with zero attached hydrogens (tertiary/aromatic N) is 1. The molecule has 1 heterocycles. The number of hydrogen-bond donors (Lipinski definition) is 0. The fourth-order valence-corrected chi connectivity index (χ4v) is 0.994. The largest absolute Gasteiger partial charge is 0.258 e. The van der Waals surface area contributed by atoms with Crippen LogP contribution >= 0.6 is 0 Å². The Labute approximate surface area is 58.9 Å². The summed E-state index contributed by atoms with van der Waals surface area (Å²) in [7, 11) is 0. The van der Waals surface area contributed by atoms with E-state index in [4.69, 9.17) is 0 Å². The Bertz CT molecular complexity index is 228. The third-order valence-electron chi connectivity index (χ3n) is 1.81. The third kappa shape index (κ3) is 0.801. The van der Waals surface area contributed by atoms with E-state index >= 15 is 0 Å². The maximum Gasteiger partial charge on any atom is 0.152 e. The van der Waals surface area contributed by atoms with E-state index in [1.165, 1.54) is 0 Å². The van der Waals surface area contributed by atoms with Crippen molar-refractivity contribution < 1.29 is 4.39 Å². The van der Waals surface area contributed by atoms with Crippen LogP contribution in [0.1, 0.15) is 18.5 Å². The summed E-state index contributed by atoms with van der Waals surface area (Å²) in [5.41, 5.74) is -0.476. The van der Waals surface area contributed by atoms with Gasteiger partial charge in [0, 0.05) is 6.20 Å². The summed E-state index contributed by atoms with van der Waals surface area (Å²) in [5, 5.41) is 0. The average molecular weight is 137 g/mol. The average Bonchev–Trinajstić information content (AvgIpc) is 2.72. The molecular weight excluding hydrogens is 129 g/mol. The highest BCUT2D eigenvalue weighted by atomic mass is 19.1. The fraction of sp³-hybridized carbons (Fsp3) is 0.375. The van der Waals surface area contributed by atoms with Crippen molar-refractivity contribution in [3.63, 3.8) is 0 Å². The first-order valence-electron chi connectivity index (χ1n) is 3.42. The lowest BCUT2D eigenvalue weighted by Gasteiger charge is -2.00. The highest BCUT2D eigenvalue weighted by molar-refractivity contribution is 5.19. The van der Waals surface area contributed by atoms with Crippen LogP contribution < -0.4 is 0 Å². The summed E-state index contributed by atoms with van der Waals surface area (Å²) in [4.78, 5) is 3.94. The molecule has 1 saturated carbocycles. The molecule has 2 heteroatoms. The van der Waals surface area contributed by atoms with Crippen LogP contribution in [0.2, 0.25) is 0 Å². The van der Waals surface area contributed by atoms with Crippen molar-refractivity contribution in [3.8, 4) is 0 Å². The third-order valence-corrected chi connectivity index (χ3v) is 1.81. The SMILES string of the molecule is FC1(c2ccccn2)CC1. The van der Waals surface area contributed by atoms with Gasteiger partial charge in [0.2, 0.25) is 0 Å². The summed E-state index contributed by atoms with van der Waals surface area (Å²) in [5.74, 6) is 0. The van der Waals surface area contributed by atoms with Crippen LogP contribution in [0, 0.1) is 0 Å². The van der Waals surface area contributed by atoms with Gasteiger partial charge in [0.25, 0.3) is 0 Å². The van der Waals surface area contributed by atoms with Gasteiger partial charge in [-0.2, -0.15) is 0 Å². The lowest BCUT2D eigenvalue weighted by Crippen LogP contribution is -1.99. The Balaban J connectivity index is 2.35. The molecule has 0 bridgehead atoms. The van der Waals surface area contributed by atoms with Gasteiger partial charge in [0.15, 0.2) is 5.67 Å². The number of halogens is 1. The first-order valence-corrected chi connectivity index (χ1v) is 3.42. The van der Waals surface area contributed by atoms with Crippen molar-refractivity contribution >= 4 is 0 Å². The van der Waals surface area contributed by atoms with E-state index in [0.29, 0.717) is 18.5 Å². The molecule has 1 aliphatic rings. The fourth-order valence-electron chi connectivity index (χ4n) is 0.994. The molecule has 2 rings (SSSR count). The van der Waals surface area contributed by atoms with Gasteiger partial charge in [-0.05, 0) is 25.0 Å². The van der Waals surface area contributed by atoms with Gasteiger partial charge in [-0.3, -0.25) is 4.98 Å². The zero-order chi connectivity index (χ0) is 7.03. The van der Waals surface area contributed by atoms with E-state index in [1.807, 2.05) is 6.07 Å². The van der Waals surface area contributed by atoms with Crippen molar-refractivity contribution in [2.24, 2.45) is 0 Å². The second-order valence-electron chi connectivity index (χ2n) is 2.68. The van der Waals surface area contributed by atoms with E-state index in [-0.39, 0.29) is 0 Å². The Hall–Kier alpha value is -0.920. The Morgan fingerprint density at radius 3 is 2.70 bits per heavy atom. The predicted molar refractivity (Wildman–Crippen MR) is 36.3 cm³/mol. The second kappa shape index (κ2) is 1.78. The van der Waals surface area contributed by atoms with Crippen LogP contribution in [-0.2, 0) is 5.67 Å². The molecule has 0 unspecified atom stereocenters. The molecule has 0 N–H and O–H groups in total. The highest BCUT2D eigenvalue weighted by Crippen LogP contribution is 2.48. The summed E-state index contributed by atoms with van der Waals surface area (Å²) in [6.45, 7) is 0. The Morgan fingerprint density at radius 2 is 2.20 bits per heavy atom. The molecule has 10 heavy (non-hydrogen) atoms. The molecule has 0 aromatic carbocycles. The molecule has 1 aromatic rings.